The molecule has 12 heteroatoms. The van der Waals surface area contributed by atoms with E-state index in [-0.39, 0.29) is 4.68 Å². The molecule has 0 amide bonds. The Bertz CT molecular complexity index is 556. The molecule has 1 atom stereocenters. The van der Waals surface area contributed by atoms with Crippen molar-refractivity contribution in [3.8, 4) is 0 Å². The van der Waals surface area contributed by atoms with E-state index < -0.39 is 47.8 Å². The first-order valence-corrected chi connectivity index (χ1v) is 5.60. The lowest BCUT2D eigenvalue weighted by Crippen LogP contribution is -2.36. The number of halogens is 7. The molecule has 1 unspecified atom stereocenters. The summed E-state index contributed by atoms with van der Waals surface area (Å²) in [5.74, 6) is 0. The standard InChI is InChI=1S/C9H8ClF6N3O2/c10-6-4(17-2-5(20)9(14,15)16)1-18-19(7(6)21)3-8(11,12)13/h1,5,17,20H,2-3H2. The first-order valence-electron chi connectivity index (χ1n) is 5.23. The van der Waals surface area contributed by atoms with Crippen LogP contribution in [0.2, 0.25) is 5.02 Å². The second-order valence-electron chi connectivity index (χ2n) is 3.89. The Morgan fingerprint density at radius 1 is 1.33 bits per heavy atom. The van der Waals surface area contributed by atoms with Crippen LogP contribution in [0.4, 0.5) is 32.0 Å². The molecule has 1 rings (SSSR count). The van der Waals surface area contributed by atoms with Crippen molar-refractivity contribution in [2.24, 2.45) is 0 Å². The second kappa shape index (κ2) is 6.10. The van der Waals surface area contributed by atoms with Gasteiger partial charge in [0.2, 0.25) is 0 Å². The van der Waals surface area contributed by atoms with Crippen molar-refractivity contribution in [3.05, 3.63) is 21.6 Å². The van der Waals surface area contributed by atoms with Gasteiger partial charge in [0.1, 0.15) is 11.6 Å². The number of hydrogen-bond acceptors (Lipinski definition) is 4. The van der Waals surface area contributed by atoms with E-state index in [1.165, 1.54) is 0 Å². The molecule has 2 N–H and O–H groups in total. The summed E-state index contributed by atoms with van der Waals surface area (Å²) in [6.45, 7) is -2.72. The average Bonchev–Trinajstić information content (AvgIpc) is 2.31. The third kappa shape index (κ3) is 5.08. The normalized spacial score (nSPS) is 14.1. The van der Waals surface area contributed by atoms with E-state index in [2.05, 4.69) is 5.10 Å². The van der Waals surface area contributed by atoms with Crippen molar-refractivity contribution in [1.29, 1.82) is 0 Å². The number of aliphatic hydroxyl groups is 1. The molecule has 1 aromatic heterocycles. The van der Waals surface area contributed by atoms with Crippen molar-refractivity contribution in [1.82, 2.24) is 9.78 Å². The Kier molecular flexibility index (Phi) is 5.10. The minimum absolute atomic E-state index is 0.0215. The molecule has 0 fully saturated rings. The predicted molar refractivity (Wildman–Crippen MR) is 60.1 cm³/mol. The molecular formula is C9H8ClF6N3O2. The van der Waals surface area contributed by atoms with Gasteiger partial charge in [-0.2, -0.15) is 31.4 Å². The van der Waals surface area contributed by atoms with Gasteiger partial charge in [0.15, 0.2) is 6.10 Å². The Morgan fingerprint density at radius 3 is 2.38 bits per heavy atom. The Labute approximate surface area is 118 Å². The monoisotopic (exact) mass is 339 g/mol. The molecule has 0 saturated carbocycles. The van der Waals surface area contributed by atoms with Crippen LogP contribution in [-0.2, 0) is 6.54 Å². The molecule has 0 bridgehead atoms. The van der Waals surface area contributed by atoms with Gasteiger partial charge >= 0.3 is 12.4 Å². The first kappa shape index (κ1) is 17.6. The number of anilines is 1. The zero-order valence-electron chi connectivity index (χ0n) is 9.96. The predicted octanol–water partition coefficient (Wildman–Crippen LogP) is 1.79. The average molecular weight is 340 g/mol. The van der Waals surface area contributed by atoms with Crippen LogP contribution in [0.5, 0.6) is 0 Å². The Morgan fingerprint density at radius 2 is 1.90 bits per heavy atom. The topological polar surface area (TPSA) is 67.2 Å². The van der Waals surface area contributed by atoms with Gasteiger partial charge in [0.05, 0.1) is 11.9 Å². The Hall–Kier alpha value is -1.49. The highest BCUT2D eigenvalue weighted by Crippen LogP contribution is 2.22. The highest BCUT2D eigenvalue weighted by molar-refractivity contribution is 6.32. The number of alkyl halides is 6. The quantitative estimate of drug-likeness (QED) is 0.821. The summed E-state index contributed by atoms with van der Waals surface area (Å²) in [7, 11) is 0. The van der Waals surface area contributed by atoms with Crippen molar-refractivity contribution < 1.29 is 31.4 Å². The fourth-order valence-corrected chi connectivity index (χ4v) is 1.41. The number of rotatable bonds is 4. The van der Waals surface area contributed by atoms with Crippen LogP contribution in [0.3, 0.4) is 0 Å². The van der Waals surface area contributed by atoms with E-state index in [0.717, 1.165) is 0 Å². The third-order valence-corrected chi connectivity index (χ3v) is 2.54. The number of aromatic nitrogens is 2. The molecule has 0 aliphatic heterocycles. The number of nitrogens with zero attached hydrogens (tertiary/aromatic N) is 2. The molecule has 0 radical (unpaired) electrons. The molecule has 1 aromatic rings. The lowest BCUT2D eigenvalue weighted by Gasteiger charge is -2.16. The van der Waals surface area contributed by atoms with Gasteiger partial charge in [-0.05, 0) is 0 Å². The summed E-state index contributed by atoms with van der Waals surface area (Å²) in [5.41, 5.74) is -1.73. The van der Waals surface area contributed by atoms with E-state index in [9.17, 15) is 31.1 Å². The molecule has 0 saturated heterocycles. The summed E-state index contributed by atoms with van der Waals surface area (Å²) in [6, 6.07) is 0. The Balaban J connectivity index is 2.88. The molecular weight excluding hydrogens is 332 g/mol. The van der Waals surface area contributed by atoms with Crippen LogP contribution in [0.25, 0.3) is 0 Å². The van der Waals surface area contributed by atoms with E-state index in [4.69, 9.17) is 16.7 Å². The molecule has 1 heterocycles. The largest absolute Gasteiger partial charge is 0.416 e. The van der Waals surface area contributed by atoms with Crippen LogP contribution in [0, 0.1) is 0 Å². The summed E-state index contributed by atoms with van der Waals surface area (Å²) >= 11 is 5.46. The molecule has 120 valence electrons. The number of aliphatic hydroxyl groups excluding tert-OH is 1. The van der Waals surface area contributed by atoms with Gasteiger partial charge in [-0.1, -0.05) is 11.6 Å². The minimum Gasteiger partial charge on any atom is -0.382 e. The highest BCUT2D eigenvalue weighted by atomic mass is 35.5. The minimum atomic E-state index is -4.89. The van der Waals surface area contributed by atoms with E-state index in [1.54, 1.807) is 0 Å². The summed E-state index contributed by atoms with van der Waals surface area (Å²) in [6.07, 6.45) is -11.7. The van der Waals surface area contributed by atoms with Crippen LogP contribution < -0.4 is 10.9 Å². The molecule has 0 aliphatic carbocycles. The van der Waals surface area contributed by atoms with Gasteiger partial charge in [0.25, 0.3) is 5.56 Å². The summed E-state index contributed by atoms with van der Waals surface area (Å²) in [4.78, 5) is 11.5. The SMILES string of the molecule is O=c1c(Cl)c(NCC(O)C(F)(F)F)cnn1CC(F)(F)F. The van der Waals surface area contributed by atoms with Gasteiger partial charge < -0.3 is 10.4 Å². The van der Waals surface area contributed by atoms with E-state index in [1.807, 2.05) is 5.32 Å². The van der Waals surface area contributed by atoms with Gasteiger partial charge in [-0.25, -0.2) is 4.68 Å². The van der Waals surface area contributed by atoms with Crippen LogP contribution in [0.15, 0.2) is 11.0 Å². The van der Waals surface area contributed by atoms with E-state index >= 15 is 0 Å². The lowest BCUT2D eigenvalue weighted by molar-refractivity contribution is -0.198. The van der Waals surface area contributed by atoms with Crippen LogP contribution >= 0.6 is 11.6 Å². The van der Waals surface area contributed by atoms with E-state index in [0.29, 0.717) is 6.20 Å². The van der Waals surface area contributed by atoms with Gasteiger partial charge in [-0.3, -0.25) is 4.79 Å². The zero-order valence-corrected chi connectivity index (χ0v) is 10.7. The van der Waals surface area contributed by atoms with Crippen LogP contribution in [0.1, 0.15) is 0 Å². The summed E-state index contributed by atoms with van der Waals surface area (Å²) < 4.78 is 72.5. The molecule has 0 spiro atoms. The van der Waals surface area contributed by atoms with Crippen molar-refractivity contribution in [2.75, 3.05) is 11.9 Å². The lowest BCUT2D eigenvalue weighted by atomic mass is 10.3. The molecule has 5 nitrogen and oxygen atoms in total. The zero-order chi connectivity index (χ0) is 16.4. The number of hydrogen-bond donors (Lipinski definition) is 2. The maximum Gasteiger partial charge on any atom is 0.416 e. The van der Waals surface area contributed by atoms with Gasteiger partial charge in [-0.15, -0.1) is 0 Å². The molecule has 0 aliphatic rings. The second-order valence-corrected chi connectivity index (χ2v) is 4.27. The van der Waals surface area contributed by atoms with Crippen molar-refractivity contribution >= 4 is 17.3 Å². The first-order chi connectivity index (χ1) is 9.42. The van der Waals surface area contributed by atoms with Crippen LogP contribution in [-0.4, -0.2) is 39.9 Å². The molecule has 21 heavy (non-hydrogen) atoms. The van der Waals surface area contributed by atoms with Gasteiger partial charge in [0, 0.05) is 6.54 Å². The maximum absolute atomic E-state index is 12.1. The number of nitrogens with one attached hydrogen (secondary N) is 1. The van der Waals surface area contributed by atoms with Crippen molar-refractivity contribution in [3.63, 3.8) is 0 Å². The fourth-order valence-electron chi connectivity index (χ4n) is 1.19. The smallest absolute Gasteiger partial charge is 0.382 e. The maximum atomic E-state index is 12.1. The van der Waals surface area contributed by atoms with Crippen molar-refractivity contribution in [2.45, 2.75) is 25.0 Å². The third-order valence-electron chi connectivity index (χ3n) is 2.18. The molecule has 0 aromatic carbocycles. The summed E-state index contributed by atoms with van der Waals surface area (Å²) in [5, 5.41) is 13.1. The highest BCUT2D eigenvalue weighted by Gasteiger charge is 2.38. The fraction of sp³-hybridized carbons (Fsp3) is 0.556.